The first-order valence-corrected chi connectivity index (χ1v) is 7.08. The maximum absolute atomic E-state index is 12.4. The molecule has 1 aliphatic rings. The predicted molar refractivity (Wildman–Crippen MR) is 79.7 cm³/mol. The minimum Gasteiger partial charge on any atom is -0.395 e. The molecule has 0 bridgehead atoms. The Morgan fingerprint density at radius 2 is 2.24 bits per heavy atom. The Labute approximate surface area is 123 Å². The van der Waals surface area contributed by atoms with Crippen LogP contribution in [0.5, 0.6) is 0 Å². The number of hydrogen-bond acceptors (Lipinski definition) is 4. The molecular weight excluding hydrogens is 266 g/mol. The van der Waals surface area contributed by atoms with Gasteiger partial charge in [0.25, 0.3) is 5.91 Å². The van der Waals surface area contributed by atoms with Crippen LogP contribution in [-0.2, 0) is 6.54 Å². The van der Waals surface area contributed by atoms with E-state index in [2.05, 4.69) is 15.2 Å². The highest BCUT2D eigenvalue weighted by atomic mass is 16.2. The van der Waals surface area contributed by atoms with E-state index >= 15 is 0 Å². The van der Waals surface area contributed by atoms with Crippen LogP contribution in [0.1, 0.15) is 46.3 Å². The Hall–Kier alpha value is -2.37. The third kappa shape index (κ3) is 2.74. The number of nitrogens with zero attached hydrogens (tertiary/aromatic N) is 3. The third-order valence-electron chi connectivity index (χ3n) is 3.71. The molecule has 6 nitrogen and oxygen atoms in total. The van der Waals surface area contributed by atoms with Gasteiger partial charge in [-0.25, -0.2) is 0 Å². The number of aromatic amines is 1. The number of carbonyl (C=O) groups excluding carboxylic acids is 1. The number of hydrogen-bond donors (Lipinski definition) is 2. The second kappa shape index (κ2) is 5.20. The lowest BCUT2D eigenvalue weighted by Gasteiger charge is -2.16. The maximum Gasteiger partial charge on any atom is 0.276 e. The normalized spacial score (nSPS) is 14.2. The minimum absolute atomic E-state index is 0.182. The summed E-state index contributed by atoms with van der Waals surface area (Å²) in [4.78, 5) is 18.4. The van der Waals surface area contributed by atoms with Gasteiger partial charge in [0, 0.05) is 18.7 Å². The molecule has 2 heterocycles. The first-order valence-electron chi connectivity index (χ1n) is 7.08. The molecule has 0 aliphatic heterocycles. The van der Waals surface area contributed by atoms with Gasteiger partial charge in [0.2, 0.25) is 0 Å². The van der Waals surface area contributed by atoms with E-state index in [1.165, 1.54) is 0 Å². The zero-order valence-corrected chi connectivity index (χ0v) is 12.3. The fourth-order valence-electron chi connectivity index (χ4n) is 2.39. The molecule has 2 aromatic rings. The van der Waals surface area contributed by atoms with Crippen LogP contribution in [0.2, 0.25) is 0 Å². The van der Waals surface area contributed by atoms with Gasteiger partial charge in [-0.15, -0.1) is 0 Å². The molecule has 2 aromatic heterocycles. The van der Waals surface area contributed by atoms with Crippen molar-refractivity contribution in [2.75, 3.05) is 12.8 Å². The predicted octanol–water partition coefficient (Wildman–Crippen LogP) is 1.84. The van der Waals surface area contributed by atoms with Crippen molar-refractivity contribution in [1.82, 2.24) is 20.1 Å². The van der Waals surface area contributed by atoms with E-state index in [-0.39, 0.29) is 5.91 Å². The molecule has 3 rings (SSSR count). The molecule has 0 atom stereocenters. The molecule has 1 aliphatic carbocycles. The first-order chi connectivity index (χ1) is 10.1. The van der Waals surface area contributed by atoms with Crippen molar-refractivity contribution < 1.29 is 4.79 Å². The number of pyridine rings is 1. The number of amides is 1. The van der Waals surface area contributed by atoms with Crippen LogP contribution in [0.4, 0.5) is 5.69 Å². The van der Waals surface area contributed by atoms with Crippen LogP contribution in [-0.4, -0.2) is 33.0 Å². The van der Waals surface area contributed by atoms with E-state index in [0.29, 0.717) is 23.8 Å². The monoisotopic (exact) mass is 285 g/mol. The SMILES string of the molecule is Cc1cccc(CN(C)C(=O)c2n[nH]c(C3CC3)c2N)n1. The van der Waals surface area contributed by atoms with Crippen molar-refractivity contribution >= 4 is 11.6 Å². The number of nitrogen functional groups attached to an aromatic ring is 1. The van der Waals surface area contributed by atoms with Crippen molar-refractivity contribution in [1.29, 1.82) is 0 Å². The molecule has 1 saturated carbocycles. The quantitative estimate of drug-likeness (QED) is 0.897. The summed E-state index contributed by atoms with van der Waals surface area (Å²) in [5, 5.41) is 7.00. The summed E-state index contributed by atoms with van der Waals surface area (Å²) in [6, 6.07) is 5.77. The largest absolute Gasteiger partial charge is 0.395 e. The number of H-pyrrole nitrogens is 1. The highest BCUT2D eigenvalue weighted by molar-refractivity contribution is 5.97. The minimum atomic E-state index is -0.182. The Morgan fingerprint density at radius 1 is 1.48 bits per heavy atom. The first kappa shape index (κ1) is 13.6. The van der Waals surface area contributed by atoms with Crippen LogP contribution in [0.15, 0.2) is 18.2 Å². The Bertz CT molecular complexity index is 674. The van der Waals surface area contributed by atoms with Crippen molar-refractivity contribution in [3.63, 3.8) is 0 Å². The number of carbonyl (C=O) groups is 1. The molecule has 0 spiro atoms. The molecule has 0 radical (unpaired) electrons. The Balaban J connectivity index is 1.75. The molecule has 1 fully saturated rings. The lowest BCUT2D eigenvalue weighted by molar-refractivity contribution is 0.0778. The summed E-state index contributed by atoms with van der Waals surface area (Å²) >= 11 is 0. The van der Waals surface area contributed by atoms with E-state index in [0.717, 1.165) is 29.9 Å². The summed E-state index contributed by atoms with van der Waals surface area (Å²) < 4.78 is 0. The maximum atomic E-state index is 12.4. The van der Waals surface area contributed by atoms with Crippen LogP contribution in [0.3, 0.4) is 0 Å². The van der Waals surface area contributed by atoms with Crippen LogP contribution in [0, 0.1) is 6.92 Å². The molecule has 3 N–H and O–H groups in total. The molecule has 1 amide bonds. The van der Waals surface area contributed by atoms with Crippen molar-refractivity contribution in [2.24, 2.45) is 0 Å². The van der Waals surface area contributed by atoms with Gasteiger partial charge < -0.3 is 10.6 Å². The van der Waals surface area contributed by atoms with Gasteiger partial charge in [0.1, 0.15) is 0 Å². The number of aryl methyl sites for hydroxylation is 1. The number of aromatic nitrogens is 3. The third-order valence-corrected chi connectivity index (χ3v) is 3.71. The second-order valence-corrected chi connectivity index (χ2v) is 5.61. The molecule has 0 unspecified atom stereocenters. The molecule has 0 saturated heterocycles. The lowest BCUT2D eigenvalue weighted by Crippen LogP contribution is -2.27. The van der Waals surface area contributed by atoms with Crippen LogP contribution < -0.4 is 5.73 Å². The van der Waals surface area contributed by atoms with Crippen LogP contribution >= 0.6 is 0 Å². The Kier molecular flexibility index (Phi) is 3.37. The van der Waals surface area contributed by atoms with E-state index in [9.17, 15) is 4.79 Å². The average Bonchev–Trinajstić information content (AvgIpc) is 3.21. The molecule has 6 heteroatoms. The number of nitrogens with one attached hydrogen (secondary N) is 1. The molecule has 21 heavy (non-hydrogen) atoms. The topological polar surface area (TPSA) is 87.9 Å². The van der Waals surface area contributed by atoms with Gasteiger partial charge in [-0.05, 0) is 31.9 Å². The van der Waals surface area contributed by atoms with E-state index < -0.39 is 0 Å². The van der Waals surface area contributed by atoms with Crippen molar-refractivity contribution in [2.45, 2.75) is 32.2 Å². The highest BCUT2D eigenvalue weighted by Gasteiger charge is 2.31. The van der Waals surface area contributed by atoms with Gasteiger partial charge in [-0.3, -0.25) is 14.9 Å². The average molecular weight is 285 g/mol. The fourth-order valence-corrected chi connectivity index (χ4v) is 2.39. The van der Waals surface area contributed by atoms with Crippen LogP contribution in [0.25, 0.3) is 0 Å². The summed E-state index contributed by atoms with van der Waals surface area (Å²) in [5.74, 6) is 0.266. The number of rotatable bonds is 4. The smallest absolute Gasteiger partial charge is 0.276 e. The fraction of sp³-hybridized carbons (Fsp3) is 0.400. The van der Waals surface area contributed by atoms with Gasteiger partial charge in [-0.1, -0.05) is 6.07 Å². The molecular formula is C15H19N5O. The summed E-state index contributed by atoms with van der Waals surface area (Å²) in [6.45, 7) is 2.37. The summed E-state index contributed by atoms with van der Waals surface area (Å²) in [7, 11) is 1.73. The zero-order chi connectivity index (χ0) is 15.0. The number of nitrogens with two attached hydrogens (primary N) is 1. The lowest BCUT2D eigenvalue weighted by atomic mass is 10.2. The highest BCUT2D eigenvalue weighted by Crippen LogP contribution is 2.42. The molecule has 110 valence electrons. The second-order valence-electron chi connectivity index (χ2n) is 5.61. The van der Waals surface area contributed by atoms with Gasteiger partial charge in [0.15, 0.2) is 5.69 Å². The standard InChI is InChI=1S/C15H19N5O/c1-9-4-3-5-11(17-9)8-20(2)15(21)14-12(16)13(18-19-14)10-6-7-10/h3-5,10H,6-8,16H2,1-2H3,(H,18,19). The van der Waals surface area contributed by atoms with E-state index in [4.69, 9.17) is 5.73 Å². The molecule has 0 aromatic carbocycles. The Morgan fingerprint density at radius 3 is 2.90 bits per heavy atom. The van der Waals surface area contributed by atoms with Gasteiger partial charge in [0.05, 0.1) is 23.6 Å². The van der Waals surface area contributed by atoms with E-state index in [1.54, 1.807) is 11.9 Å². The van der Waals surface area contributed by atoms with Gasteiger partial charge in [-0.2, -0.15) is 5.10 Å². The van der Waals surface area contributed by atoms with Gasteiger partial charge >= 0.3 is 0 Å². The van der Waals surface area contributed by atoms with E-state index in [1.807, 2.05) is 25.1 Å². The summed E-state index contributed by atoms with van der Waals surface area (Å²) in [6.07, 6.45) is 2.23. The zero-order valence-electron chi connectivity index (χ0n) is 12.3. The number of anilines is 1. The summed E-state index contributed by atoms with van der Waals surface area (Å²) in [5.41, 5.74) is 9.53. The van der Waals surface area contributed by atoms with Crippen molar-refractivity contribution in [3.05, 3.63) is 41.0 Å². The van der Waals surface area contributed by atoms with Crippen molar-refractivity contribution in [3.8, 4) is 0 Å².